The fourth-order valence-corrected chi connectivity index (χ4v) is 3.04. The van der Waals surface area contributed by atoms with Crippen molar-refractivity contribution in [2.24, 2.45) is 5.92 Å². The molecule has 1 aromatic heterocycles. The van der Waals surface area contributed by atoms with Crippen LogP contribution >= 0.6 is 0 Å². The lowest BCUT2D eigenvalue weighted by molar-refractivity contribution is -0.117. The zero-order chi connectivity index (χ0) is 18.1. The summed E-state index contributed by atoms with van der Waals surface area (Å²) in [6, 6.07) is 13.9. The summed E-state index contributed by atoms with van der Waals surface area (Å²) in [6.45, 7) is 2.04. The number of aryl methyl sites for hydroxylation is 1. The average Bonchev–Trinajstić information content (AvgIpc) is 3.48. The number of nitrogens with one attached hydrogen (secondary N) is 2. The standard InChI is InChI=1S/C21H19N3O2/c1-13-2-7-18(23-12-25)10-19(13)16-6-5-15-9-20(22-11-17(15)8-16)24-21(26)14-3-4-14/h2,5-12,14H,3-4H2,1H3,(H,23,25)(H,22,24,26). The molecule has 0 atom stereocenters. The van der Waals surface area contributed by atoms with Crippen LogP contribution in [-0.4, -0.2) is 17.3 Å². The van der Waals surface area contributed by atoms with Crippen molar-refractivity contribution < 1.29 is 9.59 Å². The number of amides is 2. The highest BCUT2D eigenvalue weighted by molar-refractivity contribution is 5.96. The third-order valence-corrected chi connectivity index (χ3v) is 4.70. The van der Waals surface area contributed by atoms with E-state index in [9.17, 15) is 9.59 Å². The van der Waals surface area contributed by atoms with E-state index in [0.717, 1.165) is 46.0 Å². The van der Waals surface area contributed by atoms with Gasteiger partial charge in [0.2, 0.25) is 12.3 Å². The molecule has 4 rings (SSSR count). The summed E-state index contributed by atoms with van der Waals surface area (Å²) in [5.74, 6) is 0.809. The van der Waals surface area contributed by atoms with E-state index in [4.69, 9.17) is 0 Å². The zero-order valence-electron chi connectivity index (χ0n) is 14.5. The van der Waals surface area contributed by atoms with E-state index in [1.165, 1.54) is 0 Å². The monoisotopic (exact) mass is 345 g/mol. The Morgan fingerprint density at radius 2 is 1.96 bits per heavy atom. The molecule has 130 valence electrons. The van der Waals surface area contributed by atoms with E-state index >= 15 is 0 Å². The van der Waals surface area contributed by atoms with E-state index < -0.39 is 0 Å². The number of carbonyl (C=O) groups excluding carboxylic acids is 2. The van der Waals surface area contributed by atoms with Crippen LogP contribution in [0.4, 0.5) is 11.5 Å². The second kappa shape index (κ2) is 6.59. The van der Waals surface area contributed by atoms with Gasteiger partial charge >= 0.3 is 0 Å². The van der Waals surface area contributed by atoms with Crippen LogP contribution in [0.1, 0.15) is 18.4 Å². The predicted molar refractivity (Wildman–Crippen MR) is 103 cm³/mol. The molecule has 0 aliphatic heterocycles. The maximum absolute atomic E-state index is 11.9. The second-order valence-electron chi connectivity index (χ2n) is 6.69. The number of hydrogen-bond donors (Lipinski definition) is 2. The zero-order valence-corrected chi connectivity index (χ0v) is 14.5. The van der Waals surface area contributed by atoms with Gasteiger partial charge in [0, 0.05) is 23.2 Å². The number of fused-ring (bicyclic) bond motifs is 1. The molecule has 0 unspecified atom stereocenters. The van der Waals surface area contributed by atoms with Crippen molar-refractivity contribution in [1.29, 1.82) is 0 Å². The summed E-state index contributed by atoms with van der Waals surface area (Å²) in [7, 11) is 0. The quantitative estimate of drug-likeness (QED) is 0.683. The van der Waals surface area contributed by atoms with Gasteiger partial charge in [-0.2, -0.15) is 0 Å². The molecule has 5 heteroatoms. The van der Waals surface area contributed by atoms with Crippen LogP contribution in [0.3, 0.4) is 0 Å². The van der Waals surface area contributed by atoms with Crippen molar-refractivity contribution in [3.05, 3.63) is 54.2 Å². The number of rotatable bonds is 5. The van der Waals surface area contributed by atoms with Crippen molar-refractivity contribution in [2.75, 3.05) is 10.6 Å². The summed E-state index contributed by atoms with van der Waals surface area (Å²) >= 11 is 0. The summed E-state index contributed by atoms with van der Waals surface area (Å²) in [4.78, 5) is 26.9. The molecule has 1 heterocycles. The first-order chi connectivity index (χ1) is 12.6. The van der Waals surface area contributed by atoms with Crippen LogP contribution in [0, 0.1) is 12.8 Å². The Labute approximate surface area is 151 Å². The van der Waals surface area contributed by atoms with Crippen LogP contribution in [0.2, 0.25) is 0 Å². The van der Waals surface area contributed by atoms with E-state index in [-0.39, 0.29) is 11.8 Å². The SMILES string of the molecule is Cc1ccc(NC=O)cc1-c1ccc2cc(NC(=O)C3CC3)ncc2c1. The van der Waals surface area contributed by atoms with Gasteiger partial charge in [-0.3, -0.25) is 9.59 Å². The topological polar surface area (TPSA) is 71.1 Å². The van der Waals surface area contributed by atoms with Crippen molar-refractivity contribution in [1.82, 2.24) is 4.98 Å². The van der Waals surface area contributed by atoms with Gasteiger partial charge in [0.1, 0.15) is 5.82 Å². The first-order valence-corrected chi connectivity index (χ1v) is 8.66. The lowest BCUT2D eigenvalue weighted by Crippen LogP contribution is -2.14. The molecule has 5 nitrogen and oxygen atoms in total. The maximum atomic E-state index is 11.9. The second-order valence-corrected chi connectivity index (χ2v) is 6.69. The molecular weight excluding hydrogens is 326 g/mol. The van der Waals surface area contributed by atoms with Gasteiger partial charge in [-0.15, -0.1) is 0 Å². The Hall–Kier alpha value is -3.21. The van der Waals surface area contributed by atoms with Crippen LogP contribution in [-0.2, 0) is 9.59 Å². The molecule has 2 amide bonds. The summed E-state index contributed by atoms with van der Waals surface area (Å²) in [5, 5.41) is 7.59. The van der Waals surface area contributed by atoms with Gasteiger partial charge in [-0.25, -0.2) is 4.98 Å². The van der Waals surface area contributed by atoms with Gasteiger partial charge in [0.05, 0.1) is 0 Å². The molecule has 2 aromatic carbocycles. The summed E-state index contributed by atoms with van der Waals surface area (Å²) in [6.07, 6.45) is 4.40. The fraction of sp³-hybridized carbons (Fsp3) is 0.190. The Balaban J connectivity index is 1.66. The fourth-order valence-electron chi connectivity index (χ4n) is 3.04. The van der Waals surface area contributed by atoms with Crippen molar-refractivity contribution in [2.45, 2.75) is 19.8 Å². The minimum Gasteiger partial charge on any atom is -0.329 e. The molecule has 2 N–H and O–H groups in total. The molecule has 0 saturated heterocycles. The van der Waals surface area contributed by atoms with E-state index in [1.807, 2.05) is 43.3 Å². The molecule has 3 aromatic rings. The number of nitrogens with zero attached hydrogens (tertiary/aromatic N) is 1. The molecular formula is C21H19N3O2. The normalized spacial score (nSPS) is 13.4. The van der Waals surface area contributed by atoms with Crippen LogP contribution < -0.4 is 10.6 Å². The van der Waals surface area contributed by atoms with Crippen molar-refractivity contribution in [3.8, 4) is 11.1 Å². The molecule has 1 saturated carbocycles. The average molecular weight is 345 g/mol. The molecule has 1 fully saturated rings. The number of carbonyl (C=O) groups is 2. The van der Waals surface area contributed by atoms with Gasteiger partial charge in [0.25, 0.3) is 0 Å². The molecule has 0 bridgehead atoms. The van der Waals surface area contributed by atoms with E-state index in [2.05, 4.69) is 21.7 Å². The van der Waals surface area contributed by atoms with Gasteiger partial charge in [-0.05, 0) is 66.1 Å². The third kappa shape index (κ3) is 3.28. The highest BCUT2D eigenvalue weighted by Gasteiger charge is 2.29. The van der Waals surface area contributed by atoms with E-state index in [1.54, 1.807) is 6.20 Å². The maximum Gasteiger partial charge on any atom is 0.228 e. The van der Waals surface area contributed by atoms with E-state index in [0.29, 0.717) is 12.2 Å². The largest absolute Gasteiger partial charge is 0.329 e. The van der Waals surface area contributed by atoms with Crippen LogP contribution in [0.25, 0.3) is 21.9 Å². The highest BCUT2D eigenvalue weighted by Crippen LogP contribution is 2.31. The third-order valence-electron chi connectivity index (χ3n) is 4.70. The predicted octanol–water partition coefficient (Wildman–Crippen LogP) is 4.13. The lowest BCUT2D eigenvalue weighted by atomic mass is 9.98. The Bertz CT molecular complexity index is 1010. The number of aromatic nitrogens is 1. The molecule has 0 spiro atoms. The molecule has 1 aliphatic carbocycles. The number of hydrogen-bond acceptors (Lipinski definition) is 3. The van der Waals surface area contributed by atoms with Crippen molar-refractivity contribution >= 4 is 34.6 Å². The smallest absolute Gasteiger partial charge is 0.228 e. The van der Waals surface area contributed by atoms with Gasteiger partial charge in [-0.1, -0.05) is 18.2 Å². The summed E-state index contributed by atoms with van der Waals surface area (Å²) in [5.41, 5.74) is 4.00. The van der Waals surface area contributed by atoms with Crippen molar-refractivity contribution in [3.63, 3.8) is 0 Å². The Morgan fingerprint density at radius 3 is 2.73 bits per heavy atom. The van der Waals surface area contributed by atoms with Gasteiger partial charge < -0.3 is 10.6 Å². The first kappa shape index (κ1) is 16.3. The lowest BCUT2D eigenvalue weighted by Gasteiger charge is -2.10. The molecule has 1 aliphatic rings. The Morgan fingerprint density at radius 1 is 1.12 bits per heavy atom. The highest BCUT2D eigenvalue weighted by atomic mass is 16.2. The Kier molecular flexibility index (Phi) is 4.13. The van der Waals surface area contributed by atoms with Crippen LogP contribution in [0.5, 0.6) is 0 Å². The number of benzene rings is 2. The molecule has 26 heavy (non-hydrogen) atoms. The number of anilines is 2. The minimum absolute atomic E-state index is 0.0589. The minimum atomic E-state index is 0.0589. The van der Waals surface area contributed by atoms with Crippen LogP contribution in [0.15, 0.2) is 48.7 Å². The first-order valence-electron chi connectivity index (χ1n) is 8.66. The molecule has 0 radical (unpaired) electrons. The number of pyridine rings is 1. The van der Waals surface area contributed by atoms with Gasteiger partial charge in [0.15, 0.2) is 0 Å². The summed E-state index contributed by atoms with van der Waals surface area (Å²) < 4.78 is 0.